The molecule has 0 radical (unpaired) electrons. The molecule has 62 valence electrons. The molecule has 0 fully saturated rings. The molecule has 0 atom stereocenters. The van der Waals surface area contributed by atoms with E-state index in [4.69, 9.17) is 0 Å². The van der Waals surface area contributed by atoms with Crippen molar-refractivity contribution in [3.63, 3.8) is 0 Å². The van der Waals surface area contributed by atoms with Crippen LogP contribution >= 0.6 is 12.2 Å². The highest BCUT2D eigenvalue weighted by atomic mass is 32.1. The minimum absolute atomic E-state index is 1.36. The summed E-state index contributed by atoms with van der Waals surface area (Å²) in [5, 5.41) is 1.58. The first kappa shape index (κ1) is 12.7. The fourth-order valence-electron chi connectivity index (χ4n) is 0.677. The Balaban J connectivity index is 0. The van der Waals surface area contributed by atoms with Gasteiger partial charge in [0, 0.05) is 0 Å². The smallest absolute Gasteiger partial charge is 0.0242 e. The van der Waals surface area contributed by atoms with Gasteiger partial charge < -0.3 is 0 Å². The summed E-state index contributed by atoms with van der Waals surface area (Å²) in [5.74, 6) is 0. The van der Waals surface area contributed by atoms with Gasteiger partial charge in [0.2, 0.25) is 0 Å². The quantitative estimate of drug-likeness (QED) is 0.443. The van der Waals surface area contributed by atoms with Crippen molar-refractivity contribution in [1.82, 2.24) is 0 Å². The molecule has 0 aromatic heterocycles. The summed E-state index contributed by atoms with van der Waals surface area (Å²) in [5.41, 5.74) is 0. The van der Waals surface area contributed by atoms with E-state index in [-0.39, 0.29) is 0 Å². The third-order valence-electron chi connectivity index (χ3n) is 1.21. The third-order valence-corrected chi connectivity index (χ3v) is 1.21. The average Bonchev–Trinajstić information content (AvgIpc) is 1.91. The van der Waals surface area contributed by atoms with Crippen LogP contribution in [0, 0.1) is 0 Å². The van der Waals surface area contributed by atoms with Crippen molar-refractivity contribution in [3.05, 3.63) is 0 Å². The van der Waals surface area contributed by atoms with Gasteiger partial charge >= 0.3 is 0 Å². The zero-order chi connectivity index (χ0) is 8.24. The van der Waals surface area contributed by atoms with Crippen molar-refractivity contribution in [2.45, 2.75) is 52.9 Å². The lowest BCUT2D eigenvalue weighted by atomic mass is 10.2. The van der Waals surface area contributed by atoms with Crippen molar-refractivity contribution in [2.75, 3.05) is 0 Å². The Bertz CT molecular complexity index is 46.7. The normalized spacial score (nSPS) is 7.90. The van der Waals surface area contributed by atoms with Crippen LogP contribution in [0.2, 0.25) is 0 Å². The van der Waals surface area contributed by atoms with E-state index in [1.807, 2.05) is 6.92 Å². The Morgan fingerprint density at radius 2 is 1.30 bits per heavy atom. The summed E-state index contributed by atoms with van der Waals surface area (Å²) < 4.78 is 0. The molecule has 0 unspecified atom stereocenters. The lowest BCUT2D eigenvalue weighted by Gasteiger charge is -1.90. The van der Waals surface area contributed by atoms with Gasteiger partial charge in [0.15, 0.2) is 0 Å². The Labute approximate surface area is 71.0 Å². The Kier molecular flexibility index (Phi) is 20.4. The standard InChI is InChI=1S/C7H16.C2H4S/c1-3-5-7-6-4-2;1-2-3/h3-7H2,1-2H3;2H,1H3. The fraction of sp³-hybridized carbons (Fsp3) is 0.889. The number of thiocarbonyl (C=S) groups is 1. The molecule has 10 heavy (non-hydrogen) atoms. The van der Waals surface area contributed by atoms with Gasteiger partial charge in [0.05, 0.1) is 0 Å². The molecular formula is C9H20S. The minimum Gasteiger partial charge on any atom is -0.0938 e. The van der Waals surface area contributed by atoms with Crippen molar-refractivity contribution >= 4 is 17.6 Å². The highest BCUT2D eigenvalue weighted by molar-refractivity contribution is 7.78. The van der Waals surface area contributed by atoms with E-state index in [0.717, 1.165) is 0 Å². The predicted molar refractivity (Wildman–Crippen MR) is 53.8 cm³/mol. The zero-order valence-corrected chi connectivity index (χ0v) is 8.34. The van der Waals surface area contributed by atoms with Crippen LogP contribution in [-0.4, -0.2) is 5.37 Å². The fourth-order valence-corrected chi connectivity index (χ4v) is 0.677. The molecule has 0 aromatic rings. The SMILES string of the molecule is CC=S.CCCCCCC. The number of hydrogen-bond acceptors (Lipinski definition) is 1. The van der Waals surface area contributed by atoms with Gasteiger partial charge in [-0.2, -0.15) is 0 Å². The molecule has 0 bridgehead atoms. The summed E-state index contributed by atoms with van der Waals surface area (Å²) in [6.45, 7) is 6.31. The van der Waals surface area contributed by atoms with Crippen LogP contribution in [0.4, 0.5) is 0 Å². The molecule has 0 saturated heterocycles. The van der Waals surface area contributed by atoms with Gasteiger partial charge in [-0.05, 0) is 12.3 Å². The van der Waals surface area contributed by atoms with Crippen LogP contribution in [0.5, 0.6) is 0 Å². The van der Waals surface area contributed by atoms with E-state index in [0.29, 0.717) is 0 Å². The van der Waals surface area contributed by atoms with E-state index in [1.54, 1.807) is 5.37 Å². The maximum atomic E-state index is 4.27. The third kappa shape index (κ3) is 24.3. The Hall–Kier alpha value is 0.0900. The van der Waals surface area contributed by atoms with E-state index in [1.165, 1.54) is 32.1 Å². The van der Waals surface area contributed by atoms with Crippen LogP contribution in [0.25, 0.3) is 0 Å². The first-order valence-electron chi connectivity index (χ1n) is 4.23. The second-order valence-corrected chi connectivity index (χ2v) is 2.77. The van der Waals surface area contributed by atoms with Gasteiger partial charge in [0.1, 0.15) is 0 Å². The van der Waals surface area contributed by atoms with Crippen LogP contribution in [-0.2, 0) is 0 Å². The number of unbranched alkanes of at least 4 members (excludes halogenated alkanes) is 4. The lowest BCUT2D eigenvalue weighted by Crippen LogP contribution is -1.70. The lowest BCUT2D eigenvalue weighted by molar-refractivity contribution is 0.656. The molecule has 0 rings (SSSR count). The predicted octanol–water partition coefficient (Wildman–Crippen LogP) is 3.98. The highest BCUT2D eigenvalue weighted by Gasteiger charge is 1.80. The molecule has 0 amide bonds. The molecule has 0 aromatic carbocycles. The number of rotatable bonds is 4. The van der Waals surface area contributed by atoms with Gasteiger partial charge in [-0.3, -0.25) is 0 Å². The summed E-state index contributed by atoms with van der Waals surface area (Å²) in [7, 11) is 0. The molecule has 0 aliphatic carbocycles. The average molecular weight is 160 g/mol. The van der Waals surface area contributed by atoms with Crippen LogP contribution in [0.3, 0.4) is 0 Å². The molecule has 0 N–H and O–H groups in total. The van der Waals surface area contributed by atoms with E-state index >= 15 is 0 Å². The maximum Gasteiger partial charge on any atom is -0.0242 e. The molecule has 0 spiro atoms. The molecule has 0 nitrogen and oxygen atoms in total. The van der Waals surface area contributed by atoms with E-state index in [9.17, 15) is 0 Å². The minimum atomic E-state index is 1.36. The van der Waals surface area contributed by atoms with Crippen LogP contribution in [0.1, 0.15) is 52.9 Å². The molecule has 1 heteroatoms. The maximum absolute atomic E-state index is 4.27. The Morgan fingerprint density at radius 1 is 1.00 bits per heavy atom. The van der Waals surface area contributed by atoms with Crippen molar-refractivity contribution in [3.8, 4) is 0 Å². The van der Waals surface area contributed by atoms with Crippen LogP contribution < -0.4 is 0 Å². The van der Waals surface area contributed by atoms with Gasteiger partial charge in [-0.15, -0.1) is 0 Å². The molecule has 0 aliphatic rings. The second kappa shape index (κ2) is 16.0. The summed E-state index contributed by atoms with van der Waals surface area (Å²) in [6.07, 6.45) is 7.01. The molecule has 0 aliphatic heterocycles. The number of hydrogen-bond donors (Lipinski definition) is 0. The molecule has 0 heterocycles. The summed E-state index contributed by atoms with van der Waals surface area (Å²) in [4.78, 5) is 0. The zero-order valence-electron chi connectivity index (χ0n) is 7.52. The van der Waals surface area contributed by atoms with Gasteiger partial charge in [-0.1, -0.05) is 58.2 Å². The van der Waals surface area contributed by atoms with Crippen molar-refractivity contribution < 1.29 is 0 Å². The summed E-state index contributed by atoms with van der Waals surface area (Å²) >= 11 is 4.27. The first-order chi connectivity index (χ1) is 4.83. The monoisotopic (exact) mass is 160 g/mol. The topological polar surface area (TPSA) is 0 Å². The first-order valence-corrected chi connectivity index (χ1v) is 4.70. The van der Waals surface area contributed by atoms with Gasteiger partial charge in [0.25, 0.3) is 0 Å². The summed E-state index contributed by atoms with van der Waals surface area (Å²) in [6, 6.07) is 0. The van der Waals surface area contributed by atoms with E-state index < -0.39 is 0 Å². The largest absolute Gasteiger partial charge is 0.0938 e. The second-order valence-electron chi connectivity index (χ2n) is 2.30. The van der Waals surface area contributed by atoms with Gasteiger partial charge in [-0.25, -0.2) is 0 Å². The molecular weight excluding hydrogens is 140 g/mol. The highest BCUT2D eigenvalue weighted by Crippen LogP contribution is 2.00. The Morgan fingerprint density at radius 3 is 1.50 bits per heavy atom. The van der Waals surface area contributed by atoms with Crippen molar-refractivity contribution in [1.29, 1.82) is 0 Å². The van der Waals surface area contributed by atoms with Crippen molar-refractivity contribution in [2.24, 2.45) is 0 Å². The molecule has 0 saturated carbocycles. The van der Waals surface area contributed by atoms with E-state index in [2.05, 4.69) is 26.1 Å². The van der Waals surface area contributed by atoms with Crippen LogP contribution in [0.15, 0.2) is 0 Å².